The van der Waals surface area contributed by atoms with Gasteiger partial charge in [-0.2, -0.15) is 4.98 Å². The molecule has 0 saturated heterocycles. The van der Waals surface area contributed by atoms with Gasteiger partial charge in [0.25, 0.3) is 0 Å². The van der Waals surface area contributed by atoms with Gasteiger partial charge < -0.3 is 10.3 Å². The molecule has 1 aromatic carbocycles. The number of hydrogen-bond acceptors (Lipinski definition) is 5. The molecule has 0 aliphatic rings. The lowest BCUT2D eigenvalue weighted by molar-refractivity contribution is 0.368. The molecule has 2 aromatic rings. The first-order valence-electron chi connectivity index (χ1n) is 6.09. The van der Waals surface area contributed by atoms with Crippen LogP contribution in [0.1, 0.15) is 25.1 Å². The molecule has 0 fully saturated rings. The number of aromatic nitrogens is 2. The van der Waals surface area contributed by atoms with E-state index in [0.717, 1.165) is 23.1 Å². The van der Waals surface area contributed by atoms with Crippen molar-refractivity contribution in [1.82, 2.24) is 10.1 Å². The second-order valence-electron chi connectivity index (χ2n) is 4.34. The second-order valence-corrected chi connectivity index (χ2v) is 6.21. The Morgan fingerprint density at radius 1 is 1.42 bits per heavy atom. The molecule has 0 spiro atoms. The Labute approximate surface area is 125 Å². The second kappa shape index (κ2) is 7.07. The molecule has 1 heterocycles. The van der Waals surface area contributed by atoms with Gasteiger partial charge in [0, 0.05) is 21.8 Å². The lowest BCUT2D eigenvalue weighted by Crippen LogP contribution is -2.15. The summed E-state index contributed by atoms with van der Waals surface area (Å²) >= 11 is 5.20. The van der Waals surface area contributed by atoms with Crippen molar-refractivity contribution >= 4 is 27.7 Å². The normalized spacial score (nSPS) is 12.6. The van der Waals surface area contributed by atoms with E-state index < -0.39 is 0 Å². The quantitative estimate of drug-likeness (QED) is 0.815. The van der Waals surface area contributed by atoms with Crippen LogP contribution in [0.4, 0.5) is 0 Å². The Morgan fingerprint density at radius 3 is 2.95 bits per heavy atom. The summed E-state index contributed by atoms with van der Waals surface area (Å²) in [5.41, 5.74) is 5.70. The van der Waals surface area contributed by atoms with Crippen LogP contribution in [0.2, 0.25) is 0 Å². The highest BCUT2D eigenvalue weighted by Gasteiger charge is 2.08. The maximum absolute atomic E-state index is 5.70. The standard InChI is InChI=1S/C13H16BrN3OS/c1-9(15)6-7-13-16-12(17-18-13)8-19-11-5-3-2-4-10(11)14/h2-5,9H,6-8,15H2,1H3. The Balaban J connectivity index is 1.88. The van der Waals surface area contributed by atoms with Gasteiger partial charge in [0.2, 0.25) is 5.89 Å². The van der Waals surface area contributed by atoms with E-state index in [9.17, 15) is 0 Å². The van der Waals surface area contributed by atoms with E-state index in [4.69, 9.17) is 10.3 Å². The topological polar surface area (TPSA) is 64.9 Å². The Bertz CT molecular complexity index is 530. The molecule has 0 aliphatic carbocycles. The molecule has 1 aromatic heterocycles. The summed E-state index contributed by atoms with van der Waals surface area (Å²) in [5, 5.41) is 3.98. The molecular formula is C13H16BrN3OS. The summed E-state index contributed by atoms with van der Waals surface area (Å²) in [4.78, 5) is 5.53. The fraction of sp³-hybridized carbons (Fsp3) is 0.385. The highest BCUT2D eigenvalue weighted by Crippen LogP contribution is 2.28. The number of halogens is 1. The van der Waals surface area contributed by atoms with Crippen LogP contribution in [0, 0.1) is 0 Å². The lowest BCUT2D eigenvalue weighted by atomic mass is 10.2. The van der Waals surface area contributed by atoms with Crippen LogP contribution < -0.4 is 5.73 Å². The summed E-state index contributed by atoms with van der Waals surface area (Å²) in [6.45, 7) is 1.97. The van der Waals surface area contributed by atoms with E-state index in [1.807, 2.05) is 25.1 Å². The van der Waals surface area contributed by atoms with Crippen molar-refractivity contribution in [3.8, 4) is 0 Å². The summed E-state index contributed by atoms with van der Waals surface area (Å²) in [5.74, 6) is 2.09. The molecule has 6 heteroatoms. The summed E-state index contributed by atoms with van der Waals surface area (Å²) < 4.78 is 6.28. The van der Waals surface area contributed by atoms with E-state index in [-0.39, 0.29) is 6.04 Å². The van der Waals surface area contributed by atoms with Crippen LogP contribution in [0.15, 0.2) is 38.2 Å². The molecule has 2 rings (SSSR count). The van der Waals surface area contributed by atoms with Gasteiger partial charge in [-0.1, -0.05) is 17.3 Å². The van der Waals surface area contributed by atoms with Gasteiger partial charge >= 0.3 is 0 Å². The zero-order chi connectivity index (χ0) is 13.7. The van der Waals surface area contributed by atoms with Gasteiger partial charge in [-0.3, -0.25) is 0 Å². The molecule has 1 unspecified atom stereocenters. The minimum absolute atomic E-state index is 0.157. The van der Waals surface area contributed by atoms with Gasteiger partial charge in [-0.25, -0.2) is 0 Å². The number of thioether (sulfide) groups is 1. The summed E-state index contributed by atoms with van der Waals surface area (Å²) in [7, 11) is 0. The van der Waals surface area contributed by atoms with Crippen molar-refractivity contribution < 1.29 is 4.52 Å². The van der Waals surface area contributed by atoms with Crippen molar-refractivity contribution in [3.63, 3.8) is 0 Å². The van der Waals surface area contributed by atoms with Crippen LogP contribution in [-0.4, -0.2) is 16.2 Å². The van der Waals surface area contributed by atoms with Gasteiger partial charge in [-0.15, -0.1) is 11.8 Å². The first kappa shape index (κ1) is 14.6. The molecule has 1 atom stereocenters. The number of rotatable bonds is 6. The molecule has 0 saturated carbocycles. The number of nitrogens with two attached hydrogens (primary N) is 1. The average molecular weight is 342 g/mol. The first-order chi connectivity index (χ1) is 9.15. The highest BCUT2D eigenvalue weighted by atomic mass is 79.9. The van der Waals surface area contributed by atoms with Crippen molar-refractivity contribution in [1.29, 1.82) is 0 Å². The average Bonchev–Trinajstić information content (AvgIpc) is 2.83. The lowest BCUT2D eigenvalue weighted by Gasteiger charge is -2.00. The summed E-state index contributed by atoms with van der Waals surface area (Å²) in [6, 6.07) is 8.25. The first-order valence-corrected chi connectivity index (χ1v) is 7.87. The van der Waals surface area contributed by atoms with Crippen LogP contribution in [-0.2, 0) is 12.2 Å². The molecule has 0 radical (unpaired) electrons. The van der Waals surface area contributed by atoms with E-state index >= 15 is 0 Å². The molecule has 4 nitrogen and oxygen atoms in total. The smallest absolute Gasteiger partial charge is 0.226 e. The van der Waals surface area contributed by atoms with E-state index in [1.54, 1.807) is 11.8 Å². The minimum Gasteiger partial charge on any atom is -0.339 e. The van der Waals surface area contributed by atoms with E-state index in [0.29, 0.717) is 11.6 Å². The van der Waals surface area contributed by atoms with Crippen LogP contribution in [0.3, 0.4) is 0 Å². The Hall–Kier alpha value is -0.850. The zero-order valence-corrected chi connectivity index (χ0v) is 13.1. The fourth-order valence-corrected chi connectivity index (χ4v) is 2.92. The SMILES string of the molecule is CC(N)CCc1nc(CSc2ccccc2Br)no1. The molecule has 0 amide bonds. The summed E-state index contributed by atoms with van der Waals surface area (Å²) in [6.07, 6.45) is 1.60. The molecule has 19 heavy (non-hydrogen) atoms. The third-order valence-electron chi connectivity index (χ3n) is 2.52. The van der Waals surface area contributed by atoms with Crippen molar-refractivity contribution in [2.24, 2.45) is 5.73 Å². The molecule has 0 aliphatic heterocycles. The Kier molecular flexibility index (Phi) is 5.42. The largest absolute Gasteiger partial charge is 0.339 e. The fourth-order valence-electron chi connectivity index (χ4n) is 1.51. The number of benzene rings is 1. The van der Waals surface area contributed by atoms with Crippen LogP contribution in [0.5, 0.6) is 0 Å². The number of aryl methyl sites for hydroxylation is 1. The maximum atomic E-state index is 5.70. The predicted molar refractivity (Wildman–Crippen MR) is 80.0 cm³/mol. The van der Waals surface area contributed by atoms with Gasteiger partial charge in [0.05, 0.1) is 5.75 Å². The molecule has 0 bridgehead atoms. The van der Waals surface area contributed by atoms with Gasteiger partial charge in [-0.05, 0) is 41.4 Å². The maximum Gasteiger partial charge on any atom is 0.226 e. The molecule has 2 N–H and O–H groups in total. The highest BCUT2D eigenvalue weighted by molar-refractivity contribution is 9.10. The van der Waals surface area contributed by atoms with E-state index in [2.05, 4.69) is 32.1 Å². The molecular weight excluding hydrogens is 326 g/mol. The Morgan fingerprint density at radius 2 is 2.21 bits per heavy atom. The van der Waals surface area contributed by atoms with E-state index in [1.165, 1.54) is 4.90 Å². The zero-order valence-electron chi connectivity index (χ0n) is 10.7. The van der Waals surface area contributed by atoms with Crippen molar-refractivity contribution in [2.45, 2.75) is 36.5 Å². The van der Waals surface area contributed by atoms with Gasteiger partial charge in [0.15, 0.2) is 5.82 Å². The predicted octanol–water partition coefficient (Wildman–Crippen LogP) is 3.40. The number of nitrogens with zero attached hydrogens (tertiary/aromatic N) is 2. The molecule has 102 valence electrons. The number of hydrogen-bond donors (Lipinski definition) is 1. The van der Waals surface area contributed by atoms with Crippen LogP contribution in [0.25, 0.3) is 0 Å². The third-order valence-corrected chi connectivity index (χ3v) is 4.54. The van der Waals surface area contributed by atoms with Crippen LogP contribution >= 0.6 is 27.7 Å². The van der Waals surface area contributed by atoms with Crippen molar-refractivity contribution in [3.05, 3.63) is 40.5 Å². The van der Waals surface area contributed by atoms with Gasteiger partial charge in [0.1, 0.15) is 0 Å². The third kappa shape index (κ3) is 4.63. The monoisotopic (exact) mass is 341 g/mol. The minimum atomic E-state index is 0.157. The van der Waals surface area contributed by atoms with Crippen molar-refractivity contribution in [2.75, 3.05) is 0 Å².